The van der Waals surface area contributed by atoms with Crippen LogP contribution in [0.15, 0.2) is 58.5 Å². The summed E-state index contributed by atoms with van der Waals surface area (Å²) in [4.78, 5) is -0.750. The Kier molecular flexibility index (Phi) is 4.98. The predicted octanol–water partition coefficient (Wildman–Crippen LogP) is 3.87. The van der Waals surface area contributed by atoms with Gasteiger partial charge in [0.25, 0.3) is 0 Å². The normalized spacial score (nSPS) is 11.8. The van der Waals surface area contributed by atoms with E-state index in [0.717, 1.165) is 18.3 Å². The summed E-state index contributed by atoms with van der Waals surface area (Å²) in [6.07, 6.45) is 0.847. The lowest BCUT2D eigenvalue weighted by Gasteiger charge is -2.06. The molecule has 0 bridgehead atoms. The molecule has 0 spiro atoms. The minimum Gasteiger partial charge on any atom is -0.357 e. The van der Waals surface area contributed by atoms with Crippen molar-refractivity contribution in [3.63, 3.8) is 0 Å². The van der Waals surface area contributed by atoms with Crippen LogP contribution >= 0.6 is 11.6 Å². The Hall–Kier alpha value is -2.43. The lowest BCUT2D eigenvalue weighted by molar-refractivity contribution is 0.585. The van der Waals surface area contributed by atoms with Crippen molar-refractivity contribution in [2.24, 2.45) is 0 Å². The van der Waals surface area contributed by atoms with Gasteiger partial charge in [-0.25, -0.2) is 17.2 Å². The van der Waals surface area contributed by atoms with Gasteiger partial charge in [-0.05, 0) is 36.4 Å². The SMILES string of the molecule is N#C/C(=C/Nc1ccc(F)cc1F)S(=O)(=O)c1ccc(Cl)cc1. The minimum atomic E-state index is -4.08. The second-order valence-electron chi connectivity index (χ2n) is 4.35. The van der Waals surface area contributed by atoms with E-state index in [-0.39, 0.29) is 10.6 Å². The third-order valence-corrected chi connectivity index (χ3v) is 4.75. The number of hydrogen-bond acceptors (Lipinski definition) is 4. The molecule has 118 valence electrons. The lowest BCUT2D eigenvalue weighted by atomic mass is 10.3. The van der Waals surface area contributed by atoms with Gasteiger partial charge in [-0.1, -0.05) is 11.6 Å². The van der Waals surface area contributed by atoms with Gasteiger partial charge in [-0.3, -0.25) is 0 Å². The fourth-order valence-electron chi connectivity index (χ4n) is 1.66. The van der Waals surface area contributed by atoms with Gasteiger partial charge >= 0.3 is 0 Å². The number of hydrogen-bond donors (Lipinski definition) is 1. The number of nitrogens with zero attached hydrogens (tertiary/aromatic N) is 1. The van der Waals surface area contributed by atoms with Gasteiger partial charge in [0.15, 0.2) is 4.91 Å². The number of allylic oxidation sites excluding steroid dienone is 1. The Balaban J connectivity index is 2.35. The van der Waals surface area contributed by atoms with E-state index in [4.69, 9.17) is 16.9 Å². The molecule has 0 aliphatic carbocycles. The molecule has 2 aromatic rings. The number of rotatable bonds is 4. The monoisotopic (exact) mass is 354 g/mol. The quantitative estimate of drug-likeness (QED) is 0.846. The number of nitrogens with one attached hydrogen (secondary N) is 1. The summed E-state index contributed by atoms with van der Waals surface area (Å²) in [6, 6.07) is 9.51. The maximum absolute atomic E-state index is 13.5. The molecule has 0 unspecified atom stereocenters. The predicted molar refractivity (Wildman–Crippen MR) is 82.3 cm³/mol. The Morgan fingerprint density at radius 2 is 1.83 bits per heavy atom. The van der Waals surface area contributed by atoms with Crippen molar-refractivity contribution in [2.45, 2.75) is 4.90 Å². The molecule has 2 aromatic carbocycles. The molecule has 0 fully saturated rings. The van der Waals surface area contributed by atoms with Crippen LogP contribution in [0.4, 0.5) is 14.5 Å². The summed E-state index contributed by atoms with van der Waals surface area (Å²) in [5.41, 5.74) is -0.162. The van der Waals surface area contributed by atoms with Gasteiger partial charge in [-0.15, -0.1) is 0 Å². The van der Waals surface area contributed by atoms with Gasteiger partial charge < -0.3 is 5.32 Å². The summed E-state index contributed by atoms with van der Waals surface area (Å²) in [5, 5.41) is 11.7. The lowest BCUT2D eigenvalue weighted by Crippen LogP contribution is -2.06. The zero-order valence-corrected chi connectivity index (χ0v) is 13.0. The van der Waals surface area contributed by atoms with Crippen LogP contribution in [0.3, 0.4) is 0 Å². The molecule has 8 heteroatoms. The van der Waals surface area contributed by atoms with Crippen molar-refractivity contribution in [1.82, 2.24) is 0 Å². The van der Waals surface area contributed by atoms with Crippen LogP contribution < -0.4 is 5.32 Å². The molecule has 0 aliphatic rings. The zero-order chi connectivity index (χ0) is 17.0. The standard InChI is InChI=1S/C15H9ClF2N2O2S/c16-10-1-4-12(5-2-10)23(21,22)13(8-19)9-20-15-6-3-11(17)7-14(15)18/h1-7,9,20H/b13-9-. The summed E-state index contributed by atoms with van der Waals surface area (Å²) in [6.45, 7) is 0. The number of benzene rings is 2. The van der Waals surface area contributed by atoms with Crippen LogP contribution in [0.1, 0.15) is 0 Å². The molecule has 0 aromatic heterocycles. The van der Waals surface area contributed by atoms with Crippen LogP contribution in [-0.2, 0) is 9.84 Å². The van der Waals surface area contributed by atoms with Crippen molar-refractivity contribution in [2.75, 3.05) is 5.32 Å². The molecule has 2 rings (SSSR count). The molecule has 4 nitrogen and oxygen atoms in total. The topological polar surface area (TPSA) is 70.0 Å². The smallest absolute Gasteiger partial charge is 0.218 e. The van der Waals surface area contributed by atoms with E-state index in [2.05, 4.69) is 5.32 Å². The largest absolute Gasteiger partial charge is 0.357 e. The number of halogens is 3. The summed E-state index contributed by atoms with van der Waals surface area (Å²) in [7, 11) is -4.08. The maximum atomic E-state index is 13.5. The van der Waals surface area contributed by atoms with Crippen LogP contribution in [0.25, 0.3) is 0 Å². The molecule has 0 amide bonds. The van der Waals surface area contributed by atoms with Crippen LogP contribution in [0, 0.1) is 23.0 Å². The first-order chi connectivity index (χ1) is 10.8. The average molecular weight is 355 g/mol. The van der Waals surface area contributed by atoms with Crippen molar-refractivity contribution in [1.29, 1.82) is 5.26 Å². The molecule has 1 N–H and O–H groups in total. The summed E-state index contributed by atoms with van der Waals surface area (Å²) < 4.78 is 50.9. The van der Waals surface area contributed by atoms with E-state index in [1.54, 1.807) is 0 Å². The Labute approximate surface area is 136 Å². The third kappa shape index (κ3) is 3.86. The number of sulfone groups is 1. The van der Waals surface area contributed by atoms with Crippen LogP contribution in [-0.4, -0.2) is 8.42 Å². The second kappa shape index (κ2) is 6.77. The van der Waals surface area contributed by atoms with Gasteiger partial charge in [0.1, 0.15) is 17.7 Å². The maximum Gasteiger partial charge on any atom is 0.218 e. The van der Waals surface area contributed by atoms with E-state index < -0.39 is 26.4 Å². The van der Waals surface area contributed by atoms with Crippen molar-refractivity contribution >= 4 is 27.1 Å². The Morgan fingerprint density at radius 3 is 2.39 bits per heavy atom. The van der Waals surface area contributed by atoms with Crippen molar-refractivity contribution in [3.8, 4) is 6.07 Å². The highest BCUT2D eigenvalue weighted by molar-refractivity contribution is 7.95. The molecule has 0 saturated carbocycles. The molecule has 0 atom stereocenters. The fraction of sp³-hybridized carbons (Fsp3) is 0. The summed E-state index contributed by atoms with van der Waals surface area (Å²) >= 11 is 5.69. The number of anilines is 1. The van der Waals surface area contributed by atoms with Gasteiger partial charge in [0, 0.05) is 17.3 Å². The van der Waals surface area contributed by atoms with E-state index >= 15 is 0 Å². The highest BCUT2D eigenvalue weighted by Gasteiger charge is 2.20. The highest BCUT2D eigenvalue weighted by atomic mass is 35.5. The van der Waals surface area contributed by atoms with Crippen molar-refractivity contribution in [3.05, 3.63) is 70.2 Å². The first-order valence-electron chi connectivity index (χ1n) is 6.17. The van der Waals surface area contributed by atoms with E-state index in [1.165, 1.54) is 30.3 Å². The van der Waals surface area contributed by atoms with Crippen molar-refractivity contribution < 1.29 is 17.2 Å². The van der Waals surface area contributed by atoms with E-state index in [1.807, 2.05) is 0 Å². The molecule has 23 heavy (non-hydrogen) atoms. The van der Waals surface area contributed by atoms with Gasteiger partial charge in [0.2, 0.25) is 9.84 Å². The third-order valence-electron chi connectivity index (χ3n) is 2.81. The fourth-order valence-corrected chi connectivity index (χ4v) is 2.87. The second-order valence-corrected chi connectivity index (χ2v) is 6.70. The highest BCUT2D eigenvalue weighted by Crippen LogP contribution is 2.22. The zero-order valence-electron chi connectivity index (χ0n) is 11.4. The molecule has 0 saturated heterocycles. The summed E-state index contributed by atoms with van der Waals surface area (Å²) in [5.74, 6) is -1.69. The first kappa shape index (κ1) is 16.9. The number of nitriles is 1. The van der Waals surface area contributed by atoms with E-state index in [0.29, 0.717) is 11.1 Å². The van der Waals surface area contributed by atoms with Gasteiger partial charge in [0.05, 0.1) is 10.6 Å². The Morgan fingerprint density at radius 1 is 1.17 bits per heavy atom. The molecule has 0 radical (unpaired) electrons. The van der Waals surface area contributed by atoms with Crippen LogP contribution in [0.2, 0.25) is 5.02 Å². The molecular formula is C15H9ClF2N2O2S. The molecule has 0 aliphatic heterocycles. The average Bonchev–Trinajstić information content (AvgIpc) is 2.50. The molecule has 0 heterocycles. The Bertz CT molecular complexity index is 904. The molecular weight excluding hydrogens is 346 g/mol. The van der Waals surface area contributed by atoms with Crippen LogP contribution in [0.5, 0.6) is 0 Å². The minimum absolute atomic E-state index is 0.129. The first-order valence-corrected chi connectivity index (χ1v) is 8.03. The van der Waals surface area contributed by atoms with Gasteiger partial charge in [-0.2, -0.15) is 5.26 Å². The van der Waals surface area contributed by atoms with E-state index in [9.17, 15) is 17.2 Å².